The molecule has 5 aromatic rings. The molecule has 0 N–H and O–H groups in total. The van der Waals surface area contributed by atoms with Crippen LogP contribution in [0.4, 0.5) is 0 Å². The number of pyridine rings is 1. The van der Waals surface area contributed by atoms with Gasteiger partial charge in [0.05, 0.1) is 24.8 Å². The number of nitrogens with zero attached hydrogens (tertiary/aromatic N) is 2. The third-order valence-corrected chi connectivity index (χ3v) is 7.64. The molecule has 3 heteroatoms. The van der Waals surface area contributed by atoms with Gasteiger partial charge in [0.1, 0.15) is 0 Å². The van der Waals surface area contributed by atoms with Crippen LogP contribution in [0, 0.1) is 0 Å². The summed E-state index contributed by atoms with van der Waals surface area (Å²) in [6, 6.07) is 30.3. The lowest BCUT2D eigenvalue weighted by Crippen LogP contribution is -2.37. The first-order valence-electron chi connectivity index (χ1n) is 10.1. The number of rotatable bonds is 3. The van der Waals surface area contributed by atoms with Crippen molar-refractivity contribution in [2.75, 3.05) is 0 Å². The van der Waals surface area contributed by atoms with Crippen molar-refractivity contribution in [2.45, 2.75) is 19.6 Å². The fourth-order valence-corrected chi connectivity index (χ4v) is 5.03. The van der Waals surface area contributed by atoms with E-state index in [1.165, 1.54) is 32.7 Å². The average molecular weight is 393 g/mol. The van der Waals surface area contributed by atoms with E-state index >= 15 is 0 Å². The highest BCUT2D eigenvalue weighted by molar-refractivity contribution is 6.88. The molecule has 0 unspecified atom stereocenters. The second-order valence-electron chi connectivity index (χ2n) is 8.60. The van der Waals surface area contributed by atoms with E-state index in [4.69, 9.17) is 4.98 Å². The standard InChI is InChI=1S/C26H24N2Si/c1-29(2,3)21-14-16-24(27-18-21)19-13-15-23-22-11-7-8-12-25(22)28(26(23)17-19)20-9-5-4-6-10-20/h4-18H,1-3H3. The molecule has 2 heterocycles. The molecule has 0 radical (unpaired) electrons. The van der Waals surface area contributed by atoms with Gasteiger partial charge >= 0.3 is 0 Å². The summed E-state index contributed by atoms with van der Waals surface area (Å²) in [7, 11) is -1.34. The molecule has 2 nitrogen and oxygen atoms in total. The molecular weight excluding hydrogens is 368 g/mol. The van der Waals surface area contributed by atoms with E-state index in [1.807, 2.05) is 0 Å². The number of fused-ring (bicyclic) bond motifs is 3. The van der Waals surface area contributed by atoms with Crippen LogP contribution < -0.4 is 5.19 Å². The predicted molar refractivity (Wildman–Crippen MR) is 127 cm³/mol. The maximum Gasteiger partial charge on any atom is 0.0796 e. The Hall–Kier alpha value is -3.17. The minimum absolute atomic E-state index is 1.03. The van der Waals surface area contributed by atoms with Crippen molar-refractivity contribution >= 4 is 35.1 Å². The average Bonchev–Trinajstić information content (AvgIpc) is 3.07. The van der Waals surface area contributed by atoms with Gasteiger partial charge in [-0.1, -0.05) is 74.2 Å². The summed E-state index contributed by atoms with van der Waals surface area (Å²) in [4.78, 5) is 4.80. The molecule has 3 aromatic carbocycles. The second-order valence-corrected chi connectivity index (χ2v) is 13.7. The lowest BCUT2D eigenvalue weighted by atomic mass is 10.1. The first-order valence-corrected chi connectivity index (χ1v) is 13.6. The Kier molecular flexibility index (Phi) is 4.14. The summed E-state index contributed by atoms with van der Waals surface area (Å²) in [6.07, 6.45) is 2.07. The Labute approximate surface area is 172 Å². The molecule has 0 saturated carbocycles. The Balaban J connectivity index is 1.74. The third-order valence-electron chi connectivity index (χ3n) is 5.61. The van der Waals surface area contributed by atoms with Gasteiger partial charge in [-0.05, 0) is 35.5 Å². The summed E-state index contributed by atoms with van der Waals surface area (Å²) >= 11 is 0. The fourth-order valence-electron chi connectivity index (χ4n) is 3.99. The van der Waals surface area contributed by atoms with Crippen molar-refractivity contribution in [1.82, 2.24) is 9.55 Å². The summed E-state index contributed by atoms with van der Waals surface area (Å²) in [5.41, 5.74) is 5.80. The Morgan fingerprint density at radius 2 is 1.41 bits per heavy atom. The van der Waals surface area contributed by atoms with Gasteiger partial charge in [0, 0.05) is 28.2 Å². The van der Waals surface area contributed by atoms with Crippen LogP contribution in [0.5, 0.6) is 0 Å². The zero-order valence-corrected chi connectivity index (χ0v) is 18.1. The maximum absolute atomic E-state index is 4.80. The van der Waals surface area contributed by atoms with Crippen molar-refractivity contribution in [2.24, 2.45) is 0 Å². The summed E-state index contributed by atoms with van der Waals surface area (Å²) in [5, 5.41) is 3.94. The van der Waals surface area contributed by atoms with Gasteiger partial charge in [0.2, 0.25) is 0 Å². The second kappa shape index (κ2) is 6.71. The number of hydrogen-bond acceptors (Lipinski definition) is 1. The number of benzene rings is 3. The lowest BCUT2D eigenvalue weighted by Gasteiger charge is -2.16. The summed E-state index contributed by atoms with van der Waals surface area (Å²) in [6.45, 7) is 7.07. The van der Waals surface area contributed by atoms with Gasteiger partial charge in [-0.15, -0.1) is 0 Å². The van der Waals surface area contributed by atoms with Gasteiger partial charge in [-0.2, -0.15) is 0 Å². The van der Waals surface area contributed by atoms with Crippen LogP contribution in [-0.4, -0.2) is 17.6 Å². The van der Waals surface area contributed by atoms with E-state index in [2.05, 4.69) is 115 Å². The first-order chi connectivity index (χ1) is 14.0. The highest BCUT2D eigenvalue weighted by Gasteiger charge is 2.17. The molecule has 0 aliphatic carbocycles. The quantitative estimate of drug-likeness (QED) is 0.325. The topological polar surface area (TPSA) is 17.8 Å². The molecule has 0 aliphatic heterocycles. The van der Waals surface area contributed by atoms with Crippen LogP contribution >= 0.6 is 0 Å². The Morgan fingerprint density at radius 1 is 0.690 bits per heavy atom. The largest absolute Gasteiger partial charge is 0.309 e. The molecule has 0 atom stereocenters. The van der Waals surface area contributed by atoms with E-state index in [0.717, 1.165) is 11.3 Å². The van der Waals surface area contributed by atoms with Gasteiger partial charge in [0.25, 0.3) is 0 Å². The van der Waals surface area contributed by atoms with E-state index < -0.39 is 8.07 Å². The molecular formula is C26H24N2Si. The molecule has 0 fully saturated rings. The predicted octanol–water partition coefficient (Wildman–Crippen LogP) is 6.39. The van der Waals surface area contributed by atoms with Crippen molar-refractivity contribution in [3.05, 3.63) is 91.1 Å². The molecule has 5 rings (SSSR count). The summed E-state index contributed by atoms with van der Waals surface area (Å²) < 4.78 is 2.35. The van der Waals surface area contributed by atoms with E-state index in [9.17, 15) is 0 Å². The van der Waals surface area contributed by atoms with Gasteiger partial charge in [-0.3, -0.25) is 4.98 Å². The molecule has 0 spiro atoms. The SMILES string of the molecule is C[Si](C)(C)c1ccc(-c2ccc3c4ccccc4n(-c4ccccc4)c3c2)nc1. The van der Waals surface area contributed by atoms with Crippen LogP contribution in [0.1, 0.15) is 0 Å². The van der Waals surface area contributed by atoms with E-state index in [-0.39, 0.29) is 0 Å². The highest BCUT2D eigenvalue weighted by Crippen LogP contribution is 2.34. The van der Waals surface area contributed by atoms with E-state index in [0.29, 0.717) is 0 Å². The highest BCUT2D eigenvalue weighted by atomic mass is 28.3. The monoisotopic (exact) mass is 392 g/mol. The molecule has 142 valence electrons. The van der Waals surface area contributed by atoms with Crippen molar-refractivity contribution in [3.63, 3.8) is 0 Å². The van der Waals surface area contributed by atoms with Crippen molar-refractivity contribution in [1.29, 1.82) is 0 Å². The molecule has 29 heavy (non-hydrogen) atoms. The fraction of sp³-hybridized carbons (Fsp3) is 0.115. The minimum Gasteiger partial charge on any atom is -0.309 e. The maximum atomic E-state index is 4.80. The number of aromatic nitrogens is 2. The van der Waals surface area contributed by atoms with Crippen LogP contribution in [0.15, 0.2) is 91.1 Å². The Morgan fingerprint density at radius 3 is 2.14 bits per heavy atom. The van der Waals surface area contributed by atoms with Crippen LogP contribution in [0.25, 0.3) is 38.8 Å². The van der Waals surface area contributed by atoms with Crippen molar-refractivity contribution < 1.29 is 0 Å². The summed E-state index contributed by atoms with van der Waals surface area (Å²) in [5.74, 6) is 0. The lowest BCUT2D eigenvalue weighted by molar-refractivity contribution is 1.18. The zero-order chi connectivity index (χ0) is 20.0. The van der Waals surface area contributed by atoms with Gasteiger partial charge in [-0.25, -0.2) is 0 Å². The van der Waals surface area contributed by atoms with Crippen LogP contribution in [-0.2, 0) is 0 Å². The van der Waals surface area contributed by atoms with Gasteiger partial charge in [0.15, 0.2) is 0 Å². The smallest absolute Gasteiger partial charge is 0.0796 e. The molecule has 0 aliphatic rings. The van der Waals surface area contributed by atoms with Crippen LogP contribution in [0.3, 0.4) is 0 Å². The van der Waals surface area contributed by atoms with E-state index in [1.54, 1.807) is 0 Å². The molecule has 0 amide bonds. The third kappa shape index (κ3) is 3.08. The minimum atomic E-state index is -1.34. The zero-order valence-electron chi connectivity index (χ0n) is 17.1. The Bertz CT molecular complexity index is 1310. The number of hydrogen-bond donors (Lipinski definition) is 0. The normalized spacial score (nSPS) is 12.0. The molecule has 0 saturated heterocycles. The molecule has 2 aromatic heterocycles. The first kappa shape index (κ1) is 17.9. The number of para-hydroxylation sites is 2. The van der Waals surface area contributed by atoms with Crippen molar-refractivity contribution in [3.8, 4) is 16.9 Å². The molecule has 0 bridgehead atoms. The van der Waals surface area contributed by atoms with Crippen LogP contribution in [0.2, 0.25) is 19.6 Å². The van der Waals surface area contributed by atoms with Gasteiger partial charge < -0.3 is 4.57 Å².